The highest BCUT2D eigenvalue weighted by atomic mass is 16.2. The zero-order valence-corrected chi connectivity index (χ0v) is 16.4. The second-order valence-corrected chi connectivity index (χ2v) is 7.41. The van der Waals surface area contributed by atoms with E-state index in [1.54, 1.807) is 36.2 Å². The molecule has 1 N–H and O–H groups in total. The van der Waals surface area contributed by atoms with Gasteiger partial charge in [0.05, 0.1) is 0 Å². The van der Waals surface area contributed by atoms with E-state index in [9.17, 15) is 14.4 Å². The van der Waals surface area contributed by atoms with Crippen molar-refractivity contribution in [3.8, 4) is 0 Å². The summed E-state index contributed by atoms with van der Waals surface area (Å²) in [6, 6.07) is 16.6. The molecule has 146 valence electrons. The normalized spacial score (nSPS) is 18.9. The van der Waals surface area contributed by atoms with Crippen molar-refractivity contribution in [1.29, 1.82) is 0 Å². The van der Waals surface area contributed by atoms with E-state index >= 15 is 0 Å². The van der Waals surface area contributed by atoms with Gasteiger partial charge in [0.2, 0.25) is 11.8 Å². The number of anilines is 2. The molecule has 0 saturated heterocycles. The Balaban J connectivity index is 1.54. The molecule has 1 fully saturated rings. The van der Waals surface area contributed by atoms with E-state index in [1.807, 2.05) is 30.3 Å². The summed E-state index contributed by atoms with van der Waals surface area (Å²) in [5, 5.41) is 2.91. The van der Waals surface area contributed by atoms with Gasteiger partial charge in [-0.05, 0) is 56.9 Å². The summed E-state index contributed by atoms with van der Waals surface area (Å²) in [5.41, 5.74) is 2.11. The van der Waals surface area contributed by atoms with Crippen LogP contribution in [0.3, 0.4) is 0 Å². The van der Waals surface area contributed by atoms with Crippen LogP contribution in [0, 0.1) is 11.8 Å². The fourth-order valence-electron chi connectivity index (χ4n) is 3.72. The molecule has 1 aliphatic rings. The number of nitrogens with one attached hydrogen (secondary N) is 1. The molecule has 0 aromatic heterocycles. The smallest absolute Gasteiger partial charge is 0.229 e. The summed E-state index contributed by atoms with van der Waals surface area (Å²) in [5.74, 6) is -0.109. The summed E-state index contributed by atoms with van der Waals surface area (Å²) in [4.78, 5) is 38.6. The first-order valence-corrected chi connectivity index (χ1v) is 9.70. The molecular formula is C23H26N2O3. The molecule has 0 heterocycles. The van der Waals surface area contributed by atoms with Crippen LogP contribution in [0.2, 0.25) is 0 Å². The average molecular weight is 378 g/mol. The van der Waals surface area contributed by atoms with Crippen LogP contribution in [0.15, 0.2) is 54.6 Å². The van der Waals surface area contributed by atoms with E-state index in [0.29, 0.717) is 36.9 Å². The second kappa shape index (κ2) is 8.83. The number of hydrogen-bond donors (Lipinski definition) is 1. The first-order valence-electron chi connectivity index (χ1n) is 9.70. The lowest BCUT2D eigenvalue weighted by molar-refractivity contribution is -0.126. The molecule has 0 aliphatic heterocycles. The van der Waals surface area contributed by atoms with Gasteiger partial charge in [-0.3, -0.25) is 14.4 Å². The maximum absolute atomic E-state index is 12.8. The molecule has 0 radical (unpaired) electrons. The molecule has 3 rings (SSSR count). The van der Waals surface area contributed by atoms with Crippen molar-refractivity contribution in [2.75, 3.05) is 17.3 Å². The molecule has 1 saturated carbocycles. The molecule has 2 aromatic carbocycles. The minimum absolute atomic E-state index is 0.0299. The standard InChI is InChI=1S/C23H26N2O3/c1-16(26)19-7-6-8-20(15-19)24-22(27)17-11-13-18(14-12-17)23(28)25(2)21-9-4-3-5-10-21/h3-10,15,17-18H,11-14H2,1-2H3,(H,24,27). The first kappa shape index (κ1) is 19.8. The zero-order chi connectivity index (χ0) is 20.1. The van der Waals surface area contributed by atoms with Crippen LogP contribution in [-0.4, -0.2) is 24.6 Å². The predicted octanol–water partition coefficient (Wildman–Crippen LogP) is 4.30. The third kappa shape index (κ3) is 4.66. The summed E-state index contributed by atoms with van der Waals surface area (Å²) in [6.45, 7) is 1.51. The van der Waals surface area contributed by atoms with E-state index in [0.717, 1.165) is 5.69 Å². The van der Waals surface area contributed by atoms with Gasteiger partial charge in [0.15, 0.2) is 5.78 Å². The third-order valence-electron chi connectivity index (χ3n) is 5.46. The Bertz CT molecular complexity index is 855. The molecule has 5 nitrogen and oxygen atoms in total. The van der Waals surface area contributed by atoms with Crippen LogP contribution in [0.5, 0.6) is 0 Å². The Labute approximate surface area is 165 Å². The molecule has 28 heavy (non-hydrogen) atoms. The predicted molar refractivity (Wildman–Crippen MR) is 110 cm³/mol. The summed E-state index contributed by atoms with van der Waals surface area (Å²) in [7, 11) is 1.80. The average Bonchev–Trinajstić information content (AvgIpc) is 2.73. The lowest BCUT2D eigenvalue weighted by Crippen LogP contribution is -2.36. The number of para-hydroxylation sites is 1. The summed E-state index contributed by atoms with van der Waals surface area (Å²) < 4.78 is 0. The number of carbonyl (C=O) groups excluding carboxylic acids is 3. The fourth-order valence-corrected chi connectivity index (χ4v) is 3.72. The third-order valence-corrected chi connectivity index (χ3v) is 5.46. The Morgan fingerprint density at radius 1 is 0.893 bits per heavy atom. The highest BCUT2D eigenvalue weighted by molar-refractivity contribution is 5.98. The molecule has 0 unspecified atom stereocenters. The van der Waals surface area contributed by atoms with E-state index in [1.165, 1.54) is 6.92 Å². The minimum Gasteiger partial charge on any atom is -0.326 e. The van der Waals surface area contributed by atoms with Crippen molar-refractivity contribution in [1.82, 2.24) is 0 Å². The second-order valence-electron chi connectivity index (χ2n) is 7.41. The van der Waals surface area contributed by atoms with Gasteiger partial charge in [0, 0.05) is 35.8 Å². The number of ketones is 1. The van der Waals surface area contributed by atoms with Crippen LogP contribution < -0.4 is 10.2 Å². The van der Waals surface area contributed by atoms with Gasteiger partial charge >= 0.3 is 0 Å². The molecular weight excluding hydrogens is 352 g/mol. The lowest BCUT2D eigenvalue weighted by atomic mass is 9.81. The molecule has 5 heteroatoms. The van der Waals surface area contributed by atoms with Crippen molar-refractivity contribution in [3.05, 3.63) is 60.2 Å². The fraction of sp³-hybridized carbons (Fsp3) is 0.348. The Morgan fingerprint density at radius 3 is 2.18 bits per heavy atom. The Kier molecular flexibility index (Phi) is 6.24. The lowest BCUT2D eigenvalue weighted by Gasteiger charge is -2.30. The molecule has 1 aliphatic carbocycles. The molecule has 0 spiro atoms. The van der Waals surface area contributed by atoms with Crippen molar-refractivity contribution >= 4 is 29.0 Å². The Morgan fingerprint density at radius 2 is 1.54 bits per heavy atom. The Hall–Kier alpha value is -2.95. The maximum atomic E-state index is 12.8. The van der Waals surface area contributed by atoms with Gasteiger partial charge in [-0.2, -0.15) is 0 Å². The molecule has 0 atom stereocenters. The van der Waals surface area contributed by atoms with Gasteiger partial charge in [-0.25, -0.2) is 0 Å². The first-order chi connectivity index (χ1) is 13.5. The monoisotopic (exact) mass is 378 g/mol. The molecule has 0 bridgehead atoms. The molecule has 2 aromatic rings. The van der Waals surface area contributed by atoms with Gasteiger partial charge < -0.3 is 10.2 Å². The largest absolute Gasteiger partial charge is 0.326 e. The van der Waals surface area contributed by atoms with E-state index in [2.05, 4.69) is 5.32 Å². The van der Waals surface area contributed by atoms with Crippen LogP contribution >= 0.6 is 0 Å². The number of nitrogens with zero attached hydrogens (tertiary/aromatic N) is 1. The van der Waals surface area contributed by atoms with Gasteiger partial charge in [0.25, 0.3) is 0 Å². The van der Waals surface area contributed by atoms with Gasteiger partial charge in [-0.1, -0.05) is 30.3 Å². The number of hydrogen-bond acceptors (Lipinski definition) is 3. The number of benzene rings is 2. The summed E-state index contributed by atoms with van der Waals surface area (Å²) >= 11 is 0. The number of amides is 2. The quantitative estimate of drug-likeness (QED) is 0.789. The van der Waals surface area contributed by atoms with E-state index < -0.39 is 0 Å². The maximum Gasteiger partial charge on any atom is 0.229 e. The van der Waals surface area contributed by atoms with Crippen molar-refractivity contribution in [3.63, 3.8) is 0 Å². The van der Waals surface area contributed by atoms with Crippen LogP contribution in [0.1, 0.15) is 43.0 Å². The number of rotatable bonds is 5. The SMILES string of the molecule is CC(=O)c1cccc(NC(=O)C2CCC(C(=O)N(C)c3ccccc3)CC2)c1. The van der Waals surface area contributed by atoms with Gasteiger partial charge in [0.1, 0.15) is 0 Å². The minimum atomic E-state index is -0.105. The highest BCUT2D eigenvalue weighted by Gasteiger charge is 2.31. The van der Waals surface area contributed by atoms with Crippen molar-refractivity contribution in [2.24, 2.45) is 11.8 Å². The topological polar surface area (TPSA) is 66.5 Å². The van der Waals surface area contributed by atoms with Crippen molar-refractivity contribution in [2.45, 2.75) is 32.6 Å². The van der Waals surface area contributed by atoms with Crippen molar-refractivity contribution < 1.29 is 14.4 Å². The van der Waals surface area contributed by atoms with Crippen LogP contribution in [0.4, 0.5) is 11.4 Å². The summed E-state index contributed by atoms with van der Waals surface area (Å²) in [6.07, 6.45) is 2.80. The van der Waals surface area contributed by atoms with E-state index in [-0.39, 0.29) is 29.4 Å². The van der Waals surface area contributed by atoms with Crippen LogP contribution in [-0.2, 0) is 9.59 Å². The number of Topliss-reactive ketones (excluding diaryl/α,β-unsaturated/α-hetero) is 1. The highest BCUT2D eigenvalue weighted by Crippen LogP contribution is 2.31. The van der Waals surface area contributed by atoms with Gasteiger partial charge in [-0.15, -0.1) is 0 Å². The van der Waals surface area contributed by atoms with E-state index in [4.69, 9.17) is 0 Å². The molecule has 2 amide bonds. The number of carbonyl (C=O) groups is 3. The zero-order valence-electron chi connectivity index (χ0n) is 16.4. The van der Waals surface area contributed by atoms with Crippen LogP contribution in [0.25, 0.3) is 0 Å².